The Bertz CT molecular complexity index is 1050. The van der Waals surface area contributed by atoms with Crippen LogP contribution < -0.4 is 5.56 Å². The van der Waals surface area contributed by atoms with Gasteiger partial charge in [0.1, 0.15) is 0 Å². The smallest absolute Gasteiger partial charge is 0.279 e. The molecule has 1 saturated carbocycles. The molecular formula is C23H25N3O2. The summed E-state index contributed by atoms with van der Waals surface area (Å²) >= 11 is 0. The number of nitrogens with zero attached hydrogens (tertiary/aromatic N) is 3. The van der Waals surface area contributed by atoms with E-state index in [2.05, 4.69) is 12.0 Å². The van der Waals surface area contributed by atoms with Crippen LogP contribution in [0.25, 0.3) is 16.5 Å². The van der Waals surface area contributed by atoms with Crippen molar-refractivity contribution in [2.75, 3.05) is 7.05 Å². The molecule has 0 bridgehead atoms. The first kappa shape index (κ1) is 18.4. The van der Waals surface area contributed by atoms with E-state index in [0.29, 0.717) is 22.2 Å². The average molecular weight is 375 g/mol. The van der Waals surface area contributed by atoms with Gasteiger partial charge in [0, 0.05) is 18.5 Å². The van der Waals surface area contributed by atoms with Crippen molar-refractivity contribution in [1.82, 2.24) is 14.7 Å². The van der Waals surface area contributed by atoms with Gasteiger partial charge < -0.3 is 4.90 Å². The standard InChI is InChI=1S/C23H25N3O2/c1-16-12-14-17(15-13-16)25(2)23(28)21-19-10-6-7-11-20(19)22(27)26(24-21)18-8-4-3-5-9-18/h3-11,16-17H,12-15H2,1-2H3. The molecule has 0 radical (unpaired) electrons. The topological polar surface area (TPSA) is 55.2 Å². The maximum absolute atomic E-state index is 13.4. The van der Waals surface area contributed by atoms with Crippen LogP contribution >= 0.6 is 0 Å². The van der Waals surface area contributed by atoms with Gasteiger partial charge in [0.05, 0.1) is 11.1 Å². The van der Waals surface area contributed by atoms with Crippen LogP contribution in [0.5, 0.6) is 0 Å². The molecule has 144 valence electrons. The number of amides is 1. The highest BCUT2D eigenvalue weighted by atomic mass is 16.2. The zero-order valence-corrected chi connectivity index (χ0v) is 16.3. The highest BCUT2D eigenvalue weighted by Crippen LogP contribution is 2.28. The second-order valence-electron chi connectivity index (χ2n) is 7.78. The second kappa shape index (κ2) is 7.58. The van der Waals surface area contributed by atoms with Gasteiger partial charge in [0.25, 0.3) is 11.5 Å². The van der Waals surface area contributed by atoms with Crippen molar-refractivity contribution < 1.29 is 4.79 Å². The van der Waals surface area contributed by atoms with E-state index in [1.165, 1.54) is 4.68 Å². The fraction of sp³-hybridized carbons (Fsp3) is 0.348. The number of hydrogen-bond acceptors (Lipinski definition) is 3. The monoisotopic (exact) mass is 375 g/mol. The molecule has 0 spiro atoms. The Morgan fingerprint density at radius 3 is 2.25 bits per heavy atom. The summed E-state index contributed by atoms with van der Waals surface area (Å²) in [5, 5.41) is 5.64. The summed E-state index contributed by atoms with van der Waals surface area (Å²) in [7, 11) is 1.86. The Kier molecular flexibility index (Phi) is 4.99. The van der Waals surface area contributed by atoms with E-state index >= 15 is 0 Å². The Balaban J connectivity index is 1.81. The van der Waals surface area contributed by atoms with Crippen molar-refractivity contribution >= 4 is 16.7 Å². The van der Waals surface area contributed by atoms with Crippen LogP contribution in [0, 0.1) is 5.92 Å². The number of benzene rings is 2. The molecule has 0 N–H and O–H groups in total. The Morgan fingerprint density at radius 2 is 1.57 bits per heavy atom. The molecule has 0 atom stereocenters. The van der Waals surface area contributed by atoms with Crippen LogP contribution in [-0.4, -0.2) is 33.7 Å². The van der Waals surface area contributed by atoms with E-state index in [1.807, 2.05) is 60.5 Å². The first-order chi connectivity index (χ1) is 13.6. The molecule has 1 amide bonds. The van der Waals surface area contributed by atoms with Gasteiger partial charge in [-0.2, -0.15) is 9.78 Å². The Hall–Kier alpha value is -2.95. The SMILES string of the molecule is CC1CCC(N(C)C(=O)c2nn(-c3ccccc3)c(=O)c3ccccc23)CC1. The third kappa shape index (κ3) is 3.33. The van der Waals surface area contributed by atoms with Gasteiger partial charge in [-0.15, -0.1) is 0 Å². The van der Waals surface area contributed by atoms with Crippen molar-refractivity contribution in [3.8, 4) is 5.69 Å². The average Bonchev–Trinajstić information content (AvgIpc) is 2.74. The third-order valence-corrected chi connectivity index (χ3v) is 5.86. The van der Waals surface area contributed by atoms with E-state index < -0.39 is 0 Å². The van der Waals surface area contributed by atoms with Crippen molar-refractivity contribution in [3.63, 3.8) is 0 Å². The molecule has 28 heavy (non-hydrogen) atoms. The maximum Gasteiger partial charge on any atom is 0.279 e. The number of carbonyl (C=O) groups excluding carboxylic acids is 1. The van der Waals surface area contributed by atoms with Gasteiger partial charge in [-0.3, -0.25) is 9.59 Å². The number of fused-ring (bicyclic) bond motifs is 1. The lowest BCUT2D eigenvalue weighted by molar-refractivity contribution is 0.0674. The molecule has 0 saturated heterocycles. The molecule has 2 aromatic carbocycles. The van der Waals surface area contributed by atoms with E-state index in [4.69, 9.17) is 0 Å². The third-order valence-electron chi connectivity index (χ3n) is 5.86. The quantitative estimate of drug-likeness (QED) is 0.694. The summed E-state index contributed by atoms with van der Waals surface area (Å²) in [6.45, 7) is 2.27. The zero-order valence-electron chi connectivity index (χ0n) is 16.3. The van der Waals surface area contributed by atoms with Crippen LogP contribution in [0.15, 0.2) is 59.4 Å². The van der Waals surface area contributed by atoms with Gasteiger partial charge >= 0.3 is 0 Å². The fourth-order valence-electron chi connectivity index (χ4n) is 4.05. The summed E-state index contributed by atoms with van der Waals surface area (Å²) in [6.07, 6.45) is 4.30. The molecule has 0 aliphatic heterocycles. The Morgan fingerprint density at radius 1 is 0.964 bits per heavy atom. The van der Waals surface area contributed by atoms with Crippen molar-refractivity contribution in [2.24, 2.45) is 5.92 Å². The van der Waals surface area contributed by atoms with Gasteiger partial charge in [0.15, 0.2) is 5.69 Å². The van der Waals surface area contributed by atoms with Crippen LogP contribution in [0.2, 0.25) is 0 Å². The number of carbonyl (C=O) groups is 1. The summed E-state index contributed by atoms with van der Waals surface area (Å²) in [4.78, 5) is 28.2. The lowest BCUT2D eigenvalue weighted by Crippen LogP contribution is -2.40. The van der Waals surface area contributed by atoms with Gasteiger partial charge in [-0.1, -0.05) is 43.3 Å². The molecular weight excluding hydrogens is 350 g/mol. The van der Waals surface area contributed by atoms with E-state index in [1.54, 1.807) is 6.07 Å². The number of hydrogen-bond donors (Lipinski definition) is 0. The van der Waals surface area contributed by atoms with Crippen molar-refractivity contribution in [3.05, 3.63) is 70.6 Å². The van der Waals surface area contributed by atoms with Crippen LogP contribution in [0.1, 0.15) is 43.1 Å². The van der Waals surface area contributed by atoms with Gasteiger partial charge in [-0.05, 0) is 49.8 Å². The normalized spacial score (nSPS) is 19.5. The molecule has 3 aromatic rings. The first-order valence-electron chi connectivity index (χ1n) is 9.91. The van der Waals surface area contributed by atoms with Gasteiger partial charge in [0.2, 0.25) is 0 Å². The minimum atomic E-state index is -0.215. The molecule has 1 aliphatic rings. The van der Waals surface area contributed by atoms with Gasteiger partial charge in [-0.25, -0.2) is 0 Å². The van der Waals surface area contributed by atoms with Crippen molar-refractivity contribution in [1.29, 1.82) is 0 Å². The predicted octanol–water partition coefficient (Wildman–Crippen LogP) is 4.04. The zero-order chi connectivity index (χ0) is 19.7. The van der Waals surface area contributed by atoms with Crippen LogP contribution in [-0.2, 0) is 0 Å². The predicted molar refractivity (Wildman–Crippen MR) is 111 cm³/mol. The molecule has 5 heteroatoms. The van der Waals surface area contributed by atoms with E-state index in [0.717, 1.165) is 31.6 Å². The maximum atomic E-state index is 13.4. The molecule has 0 unspecified atom stereocenters. The largest absolute Gasteiger partial charge is 0.337 e. The minimum absolute atomic E-state index is 0.125. The molecule has 1 fully saturated rings. The first-order valence-corrected chi connectivity index (χ1v) is 9.91. The van der Waals surface area contributed by atoms with Crippen LogP contribution in [0.3, 0.4) is 0 Å². The fourth-order valence-corrected chi connectivity index (χ4v) is 4.05. The molecule has 4 rings (SSSR count). The highest BCUT2D eigenvalue weighted by Gasteiger charge is 2.28. The second-order valence-corrected chi connectivity index (χ2v) is 7.78. The number of rotatable bonds is 3. The van der Waals surface area contributed by atoms with Crippen molar-refractivity contribution in [2.45, 2.75) is 38.6 Å². The summed E-state index contributed by atoms with van der Waals surface area (Å²) < 4.78 is 1.34. The highest BCUT2D eigenvalue weighted by molar-refractivity contribution is 6.04. The summed E-state index contributed by atoms with van der Waals surface area (Å²) in [6, 6.07) is 16.7. The molecule has 5 nitrogen and oxygen atoms in total. The number of aromatic nitrogens is 2. The van der Waals surface area contributed by atoms with Crippen LogP contribution in [0.4, 0.5) is 0 Å². The summed E-state index contributed by atoms with van der Waals surface area (Å²) in [5.41, 5.74) is 0.772. The number of para-hydroxylation sites is 1. The molecule has 1 aromatic heterocycles. The van der Waals surface area contributed by atoms with E-state index in [-0.39, 0.29) is 17.5 Å². The lowest BCUT2D eigenvalue weighted by atomic mass is 9.86. The summed E-state index contributed by atoms with van der Waals surface area (Å²) in [5.74, 6) is 0.596. The minimum Gasteiger partial charge on any atom is -0.337 e. The van der Waals surface area contributed by atoms with E-state index in [9.17, 15) is 9.59 Å². The lowest BCUT2D eigenvalue weighted by Gasteiger charge is -2.33. The molecule has 1 aliphatic carbocycles. The molecule has 1 heterocycles. The Labute approximate surface area is 164 Å².